The van der Waals surface area contributed by atoms with Crippen LogP contribution in [0.25, 0.3) is 0 Å². The van der Waals surface area contributed by atoms with Crippen LogP contribution < -0.4 is 5.32 Å². The van der Waals surface area contributed by atoms with Crippen LogP contribution in [0.3, 0.4) is 0 Å². The summed E-state index contributed by atoms with van der Waals surface area (Å²) in [5, 5.41) is 3.18. The lowest BCUT2D eigenvalue weighted by Crippen LogP contribution is -2.33. The number of hydrogen-bond donors (Lipinski definition) is 1. The molecular weight excluding hydrogens is 280 g/mol. The van der Waals surface area contributed by atoms with Crippen LogP contribution in [0.4, 0.5) is 5.69 Å². The zero-order valence-corrected chi connectivity index (χ0v) is 11.8. The highest BCUT2D eigenvalue weighted by atomic mass is 79.9. The first-order valence-electron chi connectivity index (χ1n) is 5.83. The minimum Gasteiger partial charge on any atom is -0.375 e. The average Bonchev–Trinajstić information content (AvgIpc) is 3.13. The van der Waals surface area contributed by atoms with Crippen molar-refractivity contribution in [2.45, 2.75) is 25.8 Å². The van der Waals surface area contributed by atoms with Crippen LogP contribution in [-0.4, -0.2) is 30.4 Å². The summed E-state index contributed by atoms with van der Waals surface area (Å²) >= 11 is 3.47. The summed E-state index contributed by atoms with van der Waals surface area (Å²) in [6.07, 6.45) is 2.30. The van der Waals surface area contributed by atoms with Crippen LogP contribution in [0.1, 0.15) is 18.4 Å². The number of nitrogens with zero attached hydrogens (tertiary/aromatic N) is 1. The van der Waals surface area contributed by atoms with E-state index in [0.29, 0.717) is 12.6 Å². The van der Waals surface area contributed by atoms with E-state index in [1.165, 1.54) is 5.56 Å². The zero-order chi connectivity index (χ0) is 12.4. The van der Waals surface area contributed by atoms with Crippen LogP contribution in [0.15, 0.2) is 22.7 Å². The van der Waals surface area contributed by atoms with E-state index in [9.17, 15) is 4.79 Å². The molecule has 0 heterocycles. The van der Waals surface area contributed by atoms with Crippen LogP contribution in [0.2, 0.25) is 0 Å². The summed E-state index contributed by atoms with van der Waals surface area (Å²) in [5.41, 5.74) is 2.15. The molecule has 4 heteroatoms. The second kappa shape index (κ2) is 5.08. The van der Waals surface area contributed by atoms with Gasteiger partial charge in [-0.3, -0.25) is 4.79 Å². The number of anilines is 1. The molecule has 17 heavy (non-hydrogen) atoms. The molecule has 0 aliphatic heterocycles. The van der Waals surface area contributed by atoms with E-state index in [0.717, 1.165) is 23.0 Å². The van der Waals surface area contributed by atoms with Gasteiger partial charge in [0.1, 0.15) is 0 Å². The Labute approximate surface area is 110 Å². The molecule has 0 aromatic heterocycles. The van der Waals surface area contributed by atoms with Gasteiger partial charge in [-0.15, -0.1) is 0 Å². The third-order valence-corrected chi connectivity index (χ3v) is 3.73. The number of amides is 1. The van der Waals surface area contributed by atoms with Gasteiger partial charge in [-0.2, -0.15) is 0 Å². The van der Waals surface area contributed by atoms with Gasteiger partial charge in [0.05, 0.1) is 6.54 Å². The Hall–Kier alpha value is -1.03. The van der Waals surface area contributed by atoms with Crippen LogP contribution in [0.5, 0.6) is 0 Å². The fourth-order valence-electron chi connectivity index (χ4n) is 1.74. The van der Waals surface area contributed by atoms with Crippen molar-refractivity contribution >= 4 is 27.5 Å². The predicted molar refractivity (Wildman–Crippen MR) is 73.2 cm³/mol. The number of halogens is 1. The predicted octanol–water partition coefficient (Wildman–Crippen LogP) is 2.79. The molecule has 1 aromatic carbocycles. The SMILES string of the molecule is Cc1ccc(Br)c(NCC(=O)N(C)C2CC2)c1. The molecule has 1 N–H and O–H groups in total. The maximum Gasteiger partial charge on any atom is 0.241 e. The lowest BCUT2D eigenvalue weighted by Gasteiger charge is -2.17. The summed E-state index contributed by atoms with van der Waals surface area (Å²) in [6.45, 7) is 2.39. The van der Waals surface area contributed by atoms with Crippen LogP contribution >= 0.6 is 15.9 Å². The fourth-order valence-corrected chi connectivity index (χ4v) is 2.12. The summed E-state index contributed by atoms with van der Waals surface area (Å²) in [7, 11) is 1.88. The number of carbonyl (C=O) groups excluding carboxylic acids is 1. The van der Waals surface area contributed by atoms with Crippen molar-refractivity contribution in [2.75, 3.05) is 18.9 Å². The Kier molecular flexibility index (Phi) is 3.72. The van der Waals surface area contributed by atoms with E-state index < -0.39 is 0 Å². The van der Waals surface area contributed by atoms with E-state index in [1.807, 2.05) is 37.1 Å². The molecule has 1 saturated carbocycles. The molecule has 0 bridgehead atoms. The molecule has 3 nitrogen and oxygen atoms in total. The summed E-state index contributed by atoms with van der Waals surface area (Å²) < 4.78 is 0.991. The Morgan fingerprint density at radius 2 is 2.24 bits per heavy atom. The third-order valence-electron chi connectivity index (χ3n) is 3.04. The topological polar surface area (TPSA) is 32.3 Å². The van der Waals surface area contributed by atoms with Gasteiger partial charge in [0, 0.05) is 23.2 Å². The molecule has 0 spiro atoms. The van der Waals surface area contributed by atoms with Crippen molar-refractivity contribution in [3.05, 3.63) is 28.2 Å². The van der Waals surface area contributed by atoms with Crippen molar-refractivity contribution < 1.29 is 4.79 Å². The second-order valence-corrected chi connectivity index (χ2v) is 5.43. The smallest absolute Gasteiger partial charge is 0.241 e. The normalized spacial score (nSPS) is 14.5. The second-order valence-electron chi connectivity index (χ2n) is 4.57. The zero-order valence-electron chi connectivity index (χ0n) is 10.2. The number of likely N-dealkylation sites (N-methyl/N-ethyl adjacent to an activating group) is 1. The van der Waals surface area contributed by atoms with Gasteiger partial charge in [-0.05, 0) is 53.4 Å². The van der Waals surface area contributed by atoms with Gasteiger partial charge < -0.3 is 10.2 Å². The highest BCUT2D eigenvalue weighted by molar-refractivity contribution is 9.10. The molecule has 0 radical (unpaired) electrons. The van der Waals surface area contributed by atoms with E-state index in [1.54, 1.807) is 0 Å². The first kappa shape index (κ1) is 12.4. The van der Waals surface area contributed by atoms with E-state index in [4.69, 9.17) is 0 Å². The Balaban J connectivity index is 1.92. The van der Waals surface area contributed by atoms with Gasteiger partial charge in [-0.1, -0.05) is 6.07 Å². The standard InChI is InChI=1S/C13H17BrN2O/c1-9-3-6-11(14)12(7-9)15-8-13(17)16(2)10-4-5-10/h3,6-7,10,15H,4-5,8H2,1-2H3. The minimum absolute atomic E-state index is 0.154. The molecule has 0 unspecified atom stereocenters. The highest BCUT2D eigenvalue weighted by Gasteiger charge is 2.29. The summed E-state index contributed by atoms with van der Waals surface area (Å²) in [4.78, 5) is 13.7. The Bertz CT molecular complexity index is 429. The first-order chi connectivity index (χ1) is 8.08. The van der Waals surface area contributed by atoms with Gasteiger partial charge in [0.25, 0.3) is 0 Å². The van der Waals surface area contributed by atoms with Crippen LogP contribution in [0, 0.1) is 6.92 Å². The maximum absolute atomic E-state index is 11.8. The average molecular weight is 297 g/mol. The molecule has 2 rings (SSSR count). The first-order valence-corrected chi connectivity index (χ1v) is 6.63. The molecule has 1 aromatic rings. The molecule has 1 fully saturated rings. The van der Waals surface area contributed by atoms with E-state index in [-0.39, 0.29) is 5.91 Å². The number of hydrogen-bond acceptors (Lipinski definition) is 2. The Morgan fingerprint density at radius 3 is 2.88 bits per heavy atom. The van der Waals surface area contributed by atoms with Crippen molar-refractivity contribution in [3.63, 3.8) is 0 Å². The van der Waals surface area contributed by atoms with Crippen molar-refractivity contribution in [1.82, 2.24) is 4.90 Å². The molecule has 1 aliphatic carbocycles. The van der Waals surface area contributed by atoms with E-state index >= 15 is 0 Å². The maximum atomic E-state index is 11.8. The van der Waals surface area contributed by atoms with Gasteiger partial charge >= 0.3 is 0 Å². The number of aryl methyl sites for hydroxylation is 1. The number of rotatable bonds is 4. The number of benzene rings is 1. The molecule has 1 aliphatic rings. The van der Waals surface area contributed by atoms with Crippen molar-refractivity contribution in [3.8, 4) is 0 Å². The monoisotopic (exact) mass is 296 g/mol. The largest absolute Gasteiger partial charge is 0.375 e. The third kappa shape index (κ3) is 3.22. The van der Waals surface area contributed by atoms with Gasteiger partial charge in [0.15, 0.2) is 0 Å². The summed E-state index contributed by atoms with van der Waals surface area (Å²) in [6, 6.07) is 6.54. The van der Waals surface area contributed by atoms with E-state index in [2.05, 4.69) is 21.2 Å². The lowest BCUT2D eigenvalue weighted by atomic mass is 10.2. The number of carbonyl (C=O) groups is 1. The summed E-state index contributed by atoms with van der Waals surface area (Å²) in [5.74, 6) is 0.154. The quantitative estimate of drug-likeness (QED) is 0.927. The molecule has 1 amide bonds. The molecule has 0 atom stereocenters. The highest BCUT2D eigenvalue weighted by Crippen LogP contribution is 2.26. The molecule has 0 saturated heterocycles. The minimum atomic E-state index is 0.154. The van der Waals surface area contributed by atoms with Crippen molar-refractivity contribution in [2.24, 2.45) is 0 Å². The molecular formula is C13H17BrN2O. The van der Waals surface area contributed by atoms with Gasteiger partial charge in [0.2, 0.25) is 5.91 Å². The fraction of sp³-hybridized carbons (Fsp3) is 0.462. The number of nitrogens with one attached hydrogen (secondary N) is 1. The lowest BCUT2D eigenvalue weighted by molar-refractivity contribution is -0.128. The van der Waals surface area contributed by atoms with Gasteiger partial charge in [-0.25, -0.2) is 0 Å². The van der Waals surface area contributed by atoms with Crippen molar-refractivity contribution in [1.29, 1.82) is 0 Å². The molecule has 92 valence electrons. The Morgan fingerprint density at radius 1 is 1.53 bits per heavy atom. The van der Waals surface area contributed by atoms with Crippen LogP contribution in [-0.2, 0) is 4.79 Å².